The fraction of sp³-hybridized carbons (Fsp3) is 0.600. The van der Waals surface area contributed by atoms with E-state index >= 15 is 0 Å². The molecule has 0 saturated carbocycles. The Morgan fingerprint density at radius 1 is 1.21 bits per heavy atom. The van der Waals surface area contributed by atoms with Crippen LogP contribution in [0, 0.1) is 5.92 Å². The minimum absolute atomic E-state index is 0.0798. The number of hydrogen-bond donors (Lipinski definition) is 1. The number of nitrogens with zero attached hydrogens (tertiary/aromatic N) is 2. The fourth-order valence-corrected chi connectivity index (χ4v) is 1.84. The van der Waals surface area contributed by atoms with Gasteiger partial charge in [-0.25, -0.2) is 9.97 Å². The van der Waals surface area contributed by atoms with Crippen LogP contribution in [0.2, 0.25) is 0 Å². The van der Waals surface area contributed by atoms with Gasteiger partial charge in [-0.2, -0.15) is 0 Å². The Morgan fingerprint density at radius 2 is 1.71 bits per heavy atom. The zero-order chi connectivity index (χ0) is 10.7. The average molecular weight is 258 g/mol. The van der Waals surface area contributed by atoms with Crippen LogP contribution < -0.4 is 5.73 Å². The maximum absolute atomic E-state index is 5.92. The highest BCUT2D eigenvalue weighted by molar-refractivity contribution is 9.10. The Hall–Kier alpha value is -0.480. The maximum Gasteiger partial charge on any atom is 0.133 e. The van der Waals surface area contributed by atoms with Crippen molar-refractivity contribution in [3.05, 3.63) is 22.7 Å². The van der Waals surface area contributed by atoms with Gasteiger partial charge >= 0.3 is 0 Å². The number of aromatic nitrogens is 2. The Labute approximate surface area is 93.3 Å². The normalized spacial score (nSPS) is 15.6. The van der Waals surface area contributed by atoms with Gasteiger partial charge in [-0.1, -0.05) is 13.8 Å². The summed E-state index contributed by atoms with van der Waals surface area (Å²) in [6.07, 6.45) is 3.53. The molecule has 2 atom stereocenters. The molecule has 2 N–H and O–H groups in total. The molecule has 14 heavy (non-hydrogen) atoms. The molecule has 78 valence electrons. The number of nitrogens with two attached hydrogens (primary N) is 1. The third-order valence-electron chi connectivity index (χ3n) is 2.22. The molecular weight excluding hydrogens is 242 g/mol. The second-order valence-electron chi connectivity index (χ2n) is 3.89. The Kier molecular flexibility index (Phi) is 4.01. The molecule has 0 fully saturated rings. The van der Waals surface area contributed by atoms with Gasteiger partial charge in [0.1, 0.15) is 5.82 Å². The highest BCUT2D eigenvalue weighted by Gasteiger charge is 2.22. The van der Waals surface area contributed by atoms with E-state index in [0.717, 1.165) is 10.3 Å². The molecule has 0 aliphatic carbocycles. The summed E-state index contributed by atoms with van der Waals surface area (Å²) in [5, 5.41) is 0. The van der Waals surface area contributed by atoms with Crippen LogP contribution in [0.25, 0.3) is 0 Å². The first-order valence-corrected chi connectivity index (χ1v) is 5.54. The molecule has 1 aromatic heterocycles. The molecule has 0 radical (unpaired) electrons. The van der Waals surface area contributed by atoms with Gasteiger partial charge in [-0.15, -0.1) is 0 Å². The van der Waals surface area contributed by atoms with Crippen molar-refractivity contribution in [2.45, 2.75) is 32.7 Å². The Morgan fingerprint density at radius 3 is 2.07 bits per heavy atom. The first kappa shape index (κ1) is 11.6. The highest BCUT2D eigenvalue weighted by atomic mass is 79.9. The third-order valence-corrected chi connectivity index (χ3v) is 2.63. The zero-order valence-corrected chi connectivity index (χ0v) is 10.3. The van der Waals surface area contributed by atoms with Crippen LogP contribution in [0.5, 0.6) is 0 Å². The van der Waals surface area contributed by atoms with Crippen LogP contribution in [-0.2, 0) is 0 Å². The molecule has 0 amide bonds. The molecule has 0 spiro atoms. The number of halogens is 1. The molecule has 0 aromatic carbocycles. The minimum atomic E-state index is 0.0798. The summed E-state index contributed by atoms with van der Waals surface area (Å²) in [6.45, 7) is 6.27. The molecule has 1 aromatic rings. The molecule has 1 heterocycles. The van der Waals surface area contributed by atoms with E-state index in [2.05, 4.69) is 39.7 Å². The van der Waals surface area contributed by atoms with Crippen molar-refractivity contribution >= 4 is 15.9 Å². The van der Waals surface area contributed by atoms with Crippen LogP contribution in [0.4, 0.5) is 0 Å². The summed E-state index contributed by atoms with van der Waals surface area (Å²) in [5.74, 6) is 1.51. The fourth-order valence-electron chi connectivity index (χ4n) is 1.63. The van der Waals surface area contributed by atoms with Crippen LogP contribution in [0.1, 0.15) is 32.5 Å². The van der Waals surface area contributed by atoms with Crippen LogP contribution in [-0.4, -0.2) is 16.0 Å². The summed E-state index contributed by atoms with van der Waals surface area (Å²) >= 11 is 3.31. The van der Waals surface area contributed by atoms with E-state index in [1.807, 2.05) is 6.92 Å². The van der Waals surface area contributed by atoms with Gasteiger partial charge in [-0.05, 0) is 28.8 Å². The maximum atomic E-state index is 5.92. The lowest BCUT2D eigenvalue weighted by atomic mass is 9.89. The Bertz CT molecular complexity index is 274. The third kappa shape index (κ3) is 2.75. The van der Waals surface area contributed by atoms with E-state index < -0.39 is 0 Å². The van der Waals surface area contributed by atoms with Crippen molar-refractivity contribution in [3.63, 3.8) is 0 Å². The van der Waals surface area contributed by atoms with Crippen molar-refractivity contribution in [2.24, 2.45) is 11.7 Å². The van der Waals surface area contributed by atoms with E-state index in [-0.39, 0.29) is 12.0 Å². The summed E-state index contributed by atoms with van der Waals surface area (Å²) in [4.78, 5) is 8.57. The summed E-state index contributed by atoms with van der Waals surface area (Å²) in [6, 6.07) is 0.0798. The summed E-state index contributed by atoms with van der Waals surface area (Å²) < 4.78 is 0.897. The topological polar surface area (TPSA) is 51.8 Å². The van der Waals surface area contributed by atoms with E-state index in [1.165, 1.54) is 0 Å². The van der Waals surface area contributed by atoms with Crippen LogP contribution >= 0.6 is 15.9 Å². The lowest BCUT2D eigenvalue weighted by Crippen LogP contribution is -2.29. The molecule has 1 rings (SSSR count). The van der Waals surface area contributed by atoms with Crippen molar-refractivity contribution < 1.29 is 0 Å². The summed E-state index contributed by atoms with van der Waals surface area (Å²) in [7, 11) is 0. The van der Waals surface area contributed by atoms with Gasteiger partial charge in [0, 0.05) is 24.4 Å². The number of hydrogen-bond acceptors (Lipinski definition) is 3. The number of rotatable bonds is 3. The van der Waals surface area contributed by atoms with Gasteiger partial charge in [0.15, 0.2) is 0 Å². The predicted molar refractivity (Wildman–Crippen MR) is 61.0 cm³/mol. The predicted octanol–water partition coefficient (Wildman–Crippen LogP) is 2.33. The first-order chi connectivity index (χ1) is 6.52. The second kappa shape index (κ2) is 4.84. The second-order valence-corrected chi connectivity index (χ2v) is 4.80. The molecule has 2 unspecified atom stereocenters. The van der Waals surface area contributed by atoms with Crippen LogP contribution in [0.15, 0.2) is 16.9 Å². The van der Waals surface area contributed by atoms with E-state index in [0.29, 0.717) is 5.92 Å². The largest absolute Gasteiger partial charge is 0.327 e. The van der Waals surface area contributed by atoms with Crippen molar-refractivity contribution in [1.82, 2.24) is 9.97 Å². The van der Waals surface area contributed by atoms with E-state index in [4.69, 9.17) is 5.73 Å². The van der Waals surface area contributed by atoms with E-state index in [9.17, 15) is 0 Å². The molecule has 0 bridgehead atoms. The minimum Gasteiger partial charge on any atom is -0.327 e. The molecule has 0 aliphatic heterocycles. The van der Waals surface area contributed by atoms with Gasteiger partial charge < -0.3 is 5.73 Å². The van der Waals surface area contributed by atoms with Gasteiger partial charge in [0.05, 0.1) is 4.47 Å². The average Bonchev–Trinajstić information content (AvgIpc) is 2.07. The van der Waals surface area contributed by atoms with Crippen molar-refractivity contribution in [3.8, 4) is 0 Å². The molecule has 4 heteroatoms. The van der Waals surface area contributed by atoms with Crippen molar-refractivity contribution in [1.29, 1.82) is 0 Å². The van der Waals surface area contributed by atoms with E-state index in [1.54, 1.807) is 12.4 Å². The standard InChI is InChI=1S/C10H16BrN3/c1-6(2)9(7(3)12)10-13-4-8(11)5-14-10/h4-7,9H,12H2,1-3H3. The van der Waals surface area contributed by atoms with Gasteiger partial charge in [0.25, 0.3) is 0 Å². The van der Waals surface area contributed by atoms with Gasteiger partial charge in [-0.3, -0.25) is 0 Å². The first-order valence-electron chi connectivity index (χ1n) is 4.75. The quantitative estimate of drug-likeness (QED) is 0.905. The molecule has 3 nitrogen and oxygen atoms in total. The van der Waals surface area contributed by atoms with Gasteiger partial charge in [0.2, 0.25) is 0 Å². The van der Waals surface area contributed by atoms with Crippen LogP contribution in [0.3, 0.4) is 0 Å². The monoisotopic (exact) mass is 257 g/mol. The van der Waals surface area contributed by atoms with Crippen molar-refractivity contribution in [2.75, 3.05) is 0 Å². The summed E-state index contributed by atoms with van der Waals surface area (Å²) in [5.41, 5.74) is 5.92. The Balaban J connectivity index is 2.94. The lowest BCUT2D eigenvalue weighted by molar-refractivity contribution is 0.416. The molecular formula is C10H16BrN3. The lowest BCUT2D eigenvalue weighted by Gasteiger charge is -2.22. The smallest absolute Gasteiger partial charge is 0.133 e. The zero-order valence-electron chi connectivity index (χ0n) is 8.74. The molecule has 0 saturated heterocycles. The molecule has 0 aliphatic rings. The SMILES string of the molecule is CC(C)C(c1ncc(Br)cn1)C(C)N. The highest BCUT2D eigenvalue weighted by Crippen LogP contribution is 2.24.